The van der Waals surface area contributed by atoms with Crippen molar-refractivity contribution in [3.8, 4) is 11.5 Å². The van der Waals surface area contributed by atoms with Crippen molar-refractivity contribution in [2.45, 2.75) is 13.2 Å². The molecule has 0 saturated heterocycles. The molecule has 0 bridgehead atoms. The van der Waals surface area contributed by atoms with Gasteiger partial charge in [-0.2, -0.15) is 10.2 Å². The molecule has 0 atom stereocenters. The van der Waals surface area contributed by atoms with Gasteiger partial charge in [0.05, 0.1) is 12.4 Å². The van der Waals surface area contributed by atoms with Gasteiger partial charge in [0.25, 0.3) is 0 Å². The van der Waals surface area contributed by atoms with Gasteiger partial charge in [-0.15, -0.1) is 0 Å². The highest BCUT2D eigenvalue weighted by molar-refractivity contribution is 5.86. The summed E-state index contributed by atoms with van der Waals surface area (Å²) in [6.45, 7) is 1.00. The maximum Gasteiger partial charge on any atom is 0.128 e. The molecule has 158 valence electrons. The average Bonchev–Trinajstić information content (AvgIpc) is 2.86. The molecule has 0 spiro atoms. The van der Waals surface area contributed by atoms with Crippen LogP contribution in [0.5, 0.6) is 11.5 Å². The summed E-state index contributed by atoms with van der Waals surface area (Å²) in [6.07, 6.45) is 3.40. The number of hydrogen-bond acceptors (Lipinski definition) is 4. The molecule has 4 aromatic rings. The van der Waals surface area contributed by atoms with Crippen LogP contribution in [0, 0.1) is 0 Å². The Labute approximate surface area is 188 Å². The van der Waals surface area contributed by atoms with Gasteiger partial charge in [-0.25, -0.2) is 0 Å². The van der Waals surface area contributed by atoms with Crippen LogP contribution in [0.3, 0.4) is 0 Å². The van der Waals surface area contributed by atoms with Gasteiger partial charge in [0.2, 0.25) is 0 Å². The van der Waals surface area contributed by atoms with Crippen LogP contribution < -0.4 is 9.47 Å². The number of hydrogen-bond donors (Lipinski definition) is 0. The number of nitrogens with zero attached hydrogens (tertiary/aromatic N) is 2. The van der Waals surface area contributed by atoms with E-state index in [1.165, 1.54) is 0 Å². The number of rotatable bonds is 9. The molecule has 0 aliphatic heterocycles. The second-order valence-electron chi connectivity index (χ2n) is 7.11. The van der Waals surface area contributed by atoms with E-state index in [-0.39, 0.29) is 0 Å². The van der Waals surface area contributed by atoms with Crippen LogP contribution in [-0.4, -0.2) is 12.4 Å². The van der Waals surface area contributed by atoms with Gasteiger partial charge in [-0.05, 0) is 35.4 Å². The van der Waals surface area contributed by atoms with Crippen molar-refractivity contribution in [2.75, 3.05) is 0 Å². The molecule has 0 heterocycles. The SMILES string of the molecule is C(=NN=Cc1ccccc1OCc1ccccc1)c1ccccc1OCc1ccccc1. The van der Waals surface area contributed by atoms with Gasteiger partial charge in [0.15, 0.2) is 0 Å². The fourth-order valence-corrected chi connectivity index (χ4v) is 3.10. The molecule has 0 saturated carbocycles. The van der Waals surface area contributed by atoms with E-state index in [2.05, 4.69) is 10.2 Å². The lowest BCUT2D eigenvalue weighted by molar-refractivity contribution is 0.305. The van der Waals surface area contributed by atoms with E-state index in [4.69, 9.17) is 9.47 Å². The smallest absolute Gasteiger partial charge is 0.128 e. The summed E-state index contributed by atoms with van der Waals surface area (Å²) in [5.41, 5.74) is 3.97. The molecule has 0 amide bonds. The molecule has 4 rings (SSSR count). The van der Waals surface area contributed by atoms with E-state index in [0.717, 1.165) is 33.8 Å². The largest absolute Gasteiger partial charge is 0.488 e. The fourth-order valence-electron chi connectivity index (χ4n) is 3.10. The zero-order valence-electron chi connectivity index (χ0n) is 17.7. The first-order valence-corrected chi connectivity index (χ1v) is 10.5. The molecule has 4 heteroatoms. The van der Waals surface area contributed by atoms with Crippen molar-refractivity contribution in [3.63, 3.8) is 0 Å². The van der Waals surface area contributed by atoms with E-state index in [9.17, 15) is 0 Å². The normalized spacial score (nSPS) is 11.1. The van der Waals surface area contributed by atoms with Crippen LogP contribution in [0.15, 0.2) is 119 Å². The third-order valence-corrected chi connectivity index (χ3v) is 4.77. The summed E-state index contributed by atoms with van der Waals surface area (Å²) in [5, 5.41) is 8.44. The second kappa shape index (κ2) is 11.3. The van der Waals surface area contributed by atoms with Gasteiger partial charge in [0, 0.05) is 11.1 Å². The first kappa shape index (κ1) is 21.1. The molecule has 4 aromatic carbocycles. The lowest BCUT2D eigenvalue weighted by Gasteiger charge is -2.09. The van der Waals surface area contributed by atoms with Crippen LogP contribution in [0.25, 0.3) is 0 Å². The molecule has 0 aliphatic rings. The van der Waals surface area contributed by atoms with Gasteiger partial charge in [-0.3, -0.25) is 0 Å². The highest BCUT2D eigenvalue weighted by atomic mass is 16.5. The van der Waals surface area contributed by atoms with Crippen molar-refractivity contribution >= 4 is 12.4 Å². The lowest BCUT2D eigenvalue weighted by Crippen LogP contribution is -1.98. The second-order valence-corrected chi connectivity index (χ2v) is 7.11. The van der Waals surface area contributed by atoms with Crippen LogP contribution in [0.2, 0.25) is 0 Å². The molecule has 32 heavy (non-hydrogen) atoms. The molecular formula is C28H24N2O2. The Balaban J connectivity index is 1.40. The predicted molar refractivity (Wildman–Crippen MR) is 130 cm³/mol. The molecular weight excluding hydrogens is 396 g/mol. The Bertz CT molecular complexity index is 1080. The topological polar surface area (TPSA) is 43.2 Å². The number of ether oxygens (including phenoxy) is 2. The van der Waals surface area contributed by atoms with Crippen LogP contribution in [0.4, 0.5) is 0 Å². The molecule has 0 unspecified atom stereocenters. The minimum absolute atomic E-state index is 0.501. The van der Waals surface area contributed by atoms with E-state index >= 15 is 0 Å². The average molecular weight is 421 g/mol. The number of para-hydroxylation sites is 2. The third-order valence-electron chi connectivity index (χ3n) is 4.77. The molecule has 0 N–H and O–H groups in total. The highest BCUT2D eigenvalue weighted by Crippen LogP contribution is 2.19. The van der Waals surface area contributed by atoms with Crippen molar-refractivity contribution in [3.05, 3.63) is 131 Å². The summed E-state index contributed by atoms with van der Waals surface area (Å²) in [4.78, 5) is 0. The van der Waals surface area contributed by atoms with Crippen molar-refractivity contribution in [2.24, 2.45) is 10.2 Å². The molecule has 4 nitrogen and oxygen atoms in total. The van der Waals surface area contributed by atoms with Crippen LogP contribution in [-0.2, 0) is 13.2 Å². The highest BCUT2D eigenvalue weighted by Gasteiger charge is 2.02. The summed E-state index contributed by atoms with van der Waals surface area (Å²) >= 11 is 0. The Kier molecular flexibility index (Phi) is 7.42. The fraction of sp³-hybridized carbons (Fsp3) is 0.0714. The van der Waals surface area contributed by atoms with Crippen molar-refractivity contribution in [1.29, 1.82) is 0 Å². The molecule has 0 fully saturated rings. The van der Waals surface area contributed by atoms with Crippen molar-refractivity contribution in [1.82, 2.24) is 0 Å². The third kappa shape index (κ3) is 6.16. The Morgan fingerprint density at radius 2 is 0.844 bits per heavy atom. The first-order valence-electron chi connectivity index (χ1n) is 10.5. The van der Waals surface area contributed by atoms with Crippen LogP contribution >= 0.6 is 0 Å². The van der Waals surface area contributed by atoms with Gasteiger partial charge < -0.3 is 9.47 Å². The zero-order chi connectivity index (χ0) is 21.8. The lowest BCUT2D eigenvalue weighted by atomic mass is 10.2. The van der Waals surface area contributed by atoms with Crippen molar-refractivity contribution < 1.29 is 9.47 Å². The number of benzene rings is 4. The predicted octanol–water partition coefficient (Wildman–Crippen LogP) is 6.30. The monoisotopic (exact) mass is 420 g/mol. The zero-order valence-corrected chi connectivity index (χ0v) is 17.7. The quantitative estimate of drug-likeness (QED) is 0.236. The standard InChI is InChI=1S/C28H24N2O2/c1-3-11-23(12-4-1)21-31-27-17-9-7-15-25(27)19-29-30-20-26-16-8-10-18-28(26)32-22-24-13-5-2-6-14-24/h1-20H,21-22H2. The van der Waals surface area contributed by atoms with Crippen LogP contribution in [0.1, 0.15) is 22.3 Å². The summed E-state index contributed by atoms with van der Waals surface area (Å²) in [6, 6.07) is 35.7. The van der Waals surface area contributed by atoms with E-state index in [1.807, 2.05) is 109 Å². The first-order chi connectivity index (χ1) is 15.9. The summed E-state index contributed by atoms with van der Waals surface area (Å²) in [5.74, 6) is 1.53. The minimum atomic E-state index is 0.501. The maximum atomic E-state index is 5.97. The Morgan fingerprint density at radius 1 is 0.469 bits per heavy atom. The summed E-state index contributed by atoms with van der Waals surface area (Å²) < 4.78 is 11.9. The van der Waals surface area contributed by atoms with Gasteiger partial charge in [0.1, 0.15) is 24.7 Å². The molecule has 0 aliphatic carbocycles. The molecule has 0 aromatic heterocycles. The Hall–Kier alpha value is -4.18. The van der Waals surface area contributed by atoms with E-state index in [1.54, 1.807) is 12.4 Å². The minimum Gasteiger partial charge on any atom is -0.488 e. The van der Waals surface area contributed by atoms with Gasteiger partial charge in [-0.1, -0.05) is 84.9 Å². The molecule has 0 radical (unpaired) electrons. The van der Waals surface area contributed by atoms with Gasteiger partial charge >= 0.3 is 0 Å². The van der Waals surface area contributed by atoms with E-state index < -0.39 is 0 Å². The maximum absolute atomic E-state index is 5.97. The summed E-state index contributed by atoms with van der Waals surface area (Å²) in [7, 11) is 0. The van der Waals surface area contributed by atoms with E-state index in [0.29, 0.717) is 13.2 Å². The Morgan fingerprint density at radius 3 is 1.28 bits per heavy atom.